The van der Waals surface area contributed by atoms with E-state index in [-0.39, 0.29) is 18.6 Å². The zero-order valence-electron chi connectivity index (χ0n) is 18.0. The number of nitrogens with one attached hydrogen (secondary N) is 2. The van der Waals surface area contributed by atoms with Crippen molar-refractivity contribution >= 4 is 28.4 Å². The summed E-state index contributed by atoms with van der Waals surface area (Å²) in [6.45, 7) is 1.61. The van der Waals surface area contributed by atoms with E-state index in [9.17, 15) is 14.4 Å². The predicted molar refractivity (Wildman–Crippen MR) is 122 cm³/mol. The highest BCUT2D eigenvalue weighted by Gasteiger charge is 2.17. The molecule has 3 aromatic carbocycles. The normalized spacial score (nSPS) is 13.3. The molecule has 1 atom stereocenters. The fourth-order valence-electron chi connectivity index (χ4n) is 3.91. The minimum atomic E-state index is -0.801. The van der Waals surface area contributed by atoms with Gasteiger partial charge in [-0.3, -0.25) is 25.2 Å². The fourth-order valence-corrected chi connectivity index (χ4v) is 3.91. The number of ketones is 1. The van der Waals surface area contributed by atoms with Crippen molar-refractivity contribution in [3.63, 3.8) is 0 Å². The molecule has 1 aliphatic carbocycles. The second-order valence-electron chi connectivity index (χ2n) is 8.07. The predicted octanol–water partition coefficient (Wildman–Crippen LogP) is 3.91. The lowest BCUT2D eigenvalue weighted by Gasteiger charge is -2.15. The summed E-state index contributed by atoms with van der Waals surface area (Å²) < 4.78 is 5.69. The summed E-state index contributed by atoms with van der Waals surface area (Å²) in [6.07, 6.45) is 2.47. The topological polar surface area (TPSA) is 84.5 Å². The van der Waals surface area contributed by atoms with Gasteiger partial charge in [-0.2, -0.15) is 0 Å². The van der Waals surface area contributed by atoms with E-state index in [1.54, 1.807) is 13.0 Å². The Balaban J connectivity index is 1.22. The van der Waals surface area contributed by atoms with Gasteiger partial charge in [-0.1, -0.05) is 42.5 Å². The molecule has 3 aromatic rings. The first-order valence-corrected chi connectivity index (χ1v) is 10.9. The van der Waals surface area contributed by atoms with Crippen molar-refractivity contribution in [1.29, 1.82) is 0 Å². The molecule has 0 aromatic heterocycles. The van der Waals surface area contributed by atoms with Crippen molar-refractivity contribution in [2.24, 2.45) is 0 Å². The maximum Gasteiger partial charge on any atom is 0.279 e. The van der Waals surface area contributed by atoms with Crippen LogP contribution in [0.15, 0.2) is 60.7 Å². The summed E-state index contributed by atoms with van der Waals surface area (Å²) in [5.41, 5.74) is 7.89. The van der Waals surface area contributed by atoms with Gasteiger partial charge in [0.25, 0.3) is 5.91 Å². The zero-order chi connectivity index (χ0) is 22.5. The molecule has 1 aliphatic rings. The lowest BCUT2D eigenvalue weighted by molar-refractivity contribution is -0.132. The fraction of sp³-hybridized carbons (Fsp3) is 0.269. The molecule has 0 spiro atoms. The average molecular weight is 431 g/mol. The molecule has 6 nitrogen and oxygen atoms in total. The largest absolute Gasteiger partial charge is 0.481 e. The van der Waals surface area contributed by atoms with Gasteiger partial charge in [-0.15, -0.1) is 0 Å². The molecule has 0 fully saturated rings. The Morgan fingerprint density at radius 1 is 0.875 bits per heavy atom. The maximum absolute atomic E-state index is 12.4. The van der Waals surface area contributed by atoms with E-state index in [4.69, 9.17) is 4.74 Å². The van der Waals surface area contributed by atoms with Gasteiger partial charge in [0.1, 0.15) is 5.75 Å². The van der Waals surface area contributed by atoms with Crippen molar-refractivity contribution in [3.05, 3.63) is 77.4 Å². The second kappa shape index (κ2) is 9.64. The lowest BCUT2D eigenvalue weighted by Crippen LogP contribution is -2.47. The number of hydrogen-bond acceptors (Lipinski definition) is 4. The summed E-state index contributed by atoms with van der Waals surface area (Å²) in [5, 5.41) is 2.10. The van der Waals surface area contributed by atoms with Crippen molar-refractivity contribution in [2.45, 2.75) is 45.1 Å². The van der Waals surface area contributed by atoms with Crippen LogP contribution in [0.3, 0.4) is 0 Å². The summed E-state index contributed by atoms with van der Waals surface area (Å²) >= 11 is 0. The van der Waals surface area contributed by atoms with Gasteiger partial charge >= 0.3 is 0 Å². The Morgan fingerprint density at radius 3 is 2.50 bits per heavy atom. The first kappa shape index (κ1) is 21.6. The van der Waals surface area contributed by atoms with E-state index in [1.807, 2.05) is 54.6 Å². The van der Waals surface area contributed by atoms with E-state index >= 15 is 0 Å². The molecule has 2 amide bonds. The minimum Gasteiger partial charge on any atom is -0.481 e. The van der Waals surface area contributed by atoms with Crippen molar-refractivity contribution < 1.29 is 19.1 Å². The smallest absolute Gasteiger partial charge is 0.279 e. The highest BCUT2D eigenvalue weighted by atomic mass is 16.5. The minimum absolute atomic E-state index is 0.00386. The monoisotopic (exact) mass is 430 g/mol. The highest BCUT2D eigenvalue weighted by Crippen LogP contribution is 2.24. The second-order valence-corrected chi connectivity index (χ2v) is 8.07. The Bertz CT molecular complexity index is 1170. The average Bonchev–Trinajstić information content (AvgIpc) is 3.28. The third-order valence-electron chi connectivity index (χ3n) is 5.73. The van der Waals surface area contributed by atoms with Crippen LogP contribution in [0.2, 0.25) is 0 Å². The first-order chi connectivity index (χ1) is 15.5. The SMILES string of the molecule is CC(Oc1ccc2ccccc2c1)C(=O)NNC(=O)CCC(=O)c1ccc2c(c1)CCC2. The van der Waals surface area contributed by atoms with Gasteiger partial charge in [0.05, 0.1) is 0 Å². The molecule has 32 heavy (non-hydrogen) atoms. The van der Waals surface area contributed by atoms with Crippen LogP contribution in [0.25, 0.3) is 10.8 Å². The van der Waals surface area contributed by atoms with E-state index in [2.05, 4.69) is 10.9 Å². The van der Waals surface area contributed by atoms with Crippen LogP contribution in [0.1, 0.15) is 47.7 Å². The van der Waals surface area contributed by atoms with Crippen molar-refractivity contribution in [3.8, 4) is 5.75 Å². The van der Waals surface area contributed by atoms with Gasteiger partial charge in [-0.25, -0.2) is 0 Å². The molecule has 0 radical (unpaired) electrons. The Hall–Kier alpha value is -3.67. The van der Waals surface area contributed by atoms with Crippen molar-refractivity contribution in [1.82, 2.24) is 10.9 Å². The Kier molecular flexibility index (Phi) is 6.50. The molecule has 2 N–H and O–H groups in total. The molecule has 0 aliphatic heterocycles. The molecular weight excluding hydrogens is 404 g/mol. The van der Waals surface area contributed by atoms with Crippen LogP contribution >= 0.6 is 0 Å². The number of hydrogen-bond donors (Lipinski definition) is 2. The van der Waals surface area contributed by atoms with E-state index in [0.717, 1.165) is 30.0 Å². The maximum atomic E-state index is 12.4. The van der Waals surface area contributed by atoms with Gasteiger partial charge in [0, 0.05) is 18.4 Å². The number of ether oxygens (including phenoxy) is 1. The van der Waals surface area contributed by atoms with Crippen LogP contribution < -0.4 is 15.6 Å². The molecule has 0 saturated carbocycles. The molecular formula is C26H26N2O4. The molecule has 0 heterocycles. The molecule has 164 valence electrons. The number of Topliss-reactive ketones (excluding diaryl/α,β-unsaturated/α-hetero) is 1. The number of hydrazine groups is 1. The first-order valence-electron chi connectivity index (χ1n) is 10.9. The summed E-state index contributed by atoms with van der Waals surface area (Å²) in [5.74, 6) is -0.408. The van der Waals surface area contributed by atoms with Crippen molar-refractivity contribution in [2.75, 3.05) is 0 Å². The molecule has 0 saturated heterocycles. The Labute approximate surface area is 186 Å². The number of aryl methyl sites for hydroxylation is 2. The number of fused-ring (bicyclic) bond motifs is 2. The van der Waals surface area contributed by atoms with Crippen LogP contribution in [0, 0.1) is 0 Å². The van der Waals surface area contributed by atoms with Crippen LogP contribution in [-0.4, -0.2) is 23.7 Å². The standard InChI is InChI=1S/C26H26N2O4/c1-17(32-23-12-11-18-5-2-3-6-21(18)16-23)26(31)28-27-25(30)14-13-24(29)22-10-9-19-7-4-8-20(19)15-22/h2-3,5-6,9-12,15-17H,4,7-8,13-14H2,1H3,(H,27,30)(H,28,31). The summed E-state index contributed by atoms with van der Waals surface area (Å²) in [6, 6.07) is 19.2. The summed E-state index contributed by atoms with van der Waals surface area (Å²) in [7, 11) is 0. The summed E-state index contributed by atoms with van der Waals surface area (Å²) in [4.78, 5) is 36.7. The lowest BCUT2D eigenvalue weighted by atomic mass is 10.0. The van der Waals surface area contributed by atoms with Crippen LogP contribution in [0.5, 0.6) is 5.75 Å². The number of rotatable bonds is 7. The Morgan fingerprint density at radius 2 is 1.66 bits per heavy atom. The van der Waals surface area contributed by atoms with Gasteiger partial charge in [0.15, 0.2) is 11.9 Å². The number of amides is 2. The number of benzene rings is 3. The quantitative estimate of drug-likeness (QED) is 0.440. The zero-order valence-corrected chi connectivity index (χ0v) is 18.0. The third kappa shape index (κ3) is 5.14. The molecule has 6 heteroatoms. The van der Waals surface area contributed by atoms with Gasteiger partial charge in [0.2, 0.25) is 5.91 Å². The molecule has 1 unspecified atom stereocenters. The molecule has 0 bridgehead atoms. The number of carbonyl (C=O) groups excluding carboxylic acids is 3. The van der Waals surface area contributed by atoms with Gasteiger partial charge < -0.3 is 4.74 Å². The van der Waals surface area contributed by atoms with Crippen LogP contribution in [0.4, 0.5) is 0 Å². The highest BCUT2D eigenvalue weighted by molar-refractivity contribution is 5.98. The number of carbonyl (C=O) groups is 3. The van der Waals surface area contributed by atoms with E-state index in [0.29, 0.717) is 11.3 Å². The van der Waals surface area contributed by atoms with E-state index in [1.165, 1.54) is 11.1 Å². The van der Waals surface area contributed by atoms with Crippen LogP contribution in [-0.2, 0) is 22.4 Å². The third-order valence-corrected chi connectivity index (χ3v) is 5.73. The van der Waals surface area contributed by atoms with Gasteiger partial charge in [-0.05, 0) is 66.3 Å². The molecule has 4 rings (SSSR count). The van der Waals surface area contributed by atoms with E-state index < -0.39 is 17.9 Å².